The quantitative estimate of drug-likeness (QED) is 0.796. The maximum Gasteiger partial charge on any atom is 0.258 e. The Kier molecular flexibility index (Phi) is 3.44. The number of nitrogens with zero attached hydrogens (tertiary/aromatic N) is 2. The molecule has 0 spiro atoms. The lowest BCUT2D eigenvalue weighted by molar-refractivity contribution is -0.121. The molecule has 0 saturated carbocycles. The van der Waals surface area contributed by atoms with E-state index >= 15 is 0 Å². The Labute approximate surface area is 132 Å². The first-order valence-electron chi connectivity index (χ1n) is 7.15. The lowest BCUT2D eigenvalue weighted by Crippen LogP contribution is -2.32. The van der Waals surface area contributed by atoms with Crippen molar-refractivity contribution in [2.24, 2.45) is 0 Å². The molecule has 0 bridgehead atoms. The van der Waals surface area contributed by atoms with E-state index in [0.717, 1.165) is 15.4 Å². The van der Waals surface area contributed by atoms with Crippen LogP contribution in [0, 0.1) is 0 Å². The standard InChI is InChI=1S/C17H14N2O4/c1-10(2)11-7-12(18-14(20)3-4-15(18)21)9-13(8-11)19-16(22)5-6-17(19)23/h3-10H,1-2H3. The van der Waals surface area contributed by atoms with Crippen LogP contribution in [0.4, 0.5) is 11.4 Å². The molecule has 2 aliphatic rings. The lowest BCUT2D eigenvalue weighted by atomic mass is 10.0. The summed E-state index contributed by atoms with van der Waals surface area (Å²) in [5.74, 6) is -1.69. The van der Waals surface area contributed by atoms with Gasteiger partial charge in [-0.1, -0.05) is 13.8 Å². The highest BCUT2D eigenvalue weighted by molar-refractivity contribution is 6.30. The van der Waals surface area contributed by atoms with Crippen LogP contribution >= 0.6 is 0 Å². The Morgan fingerprint density at radius 1 is 0.652 bits per heavy atom. The predicted molar refractivity (Wildman–Crippen MR) is 83.8 cm³/mol. The van der Waals surface area contributed by atoms with E-state index in [1.807, 2.05) is 13.8 Å². The second-order valence-corrected chi connectivity index (χ2v) is 5.63. The van der Waals surface area contributed by atoms with Gasteiger partial charge in [0.2, 0.25) is 0 Å². The molecule has 6 heteroatoms. The van der Waals surface area contributed by atoms with Crippen molar-refractivity contribution < 1.29 is 19.2 Å². The summed E-state index contributed by atoms with van der Waals surface area (Å²) in [6.45, 7) is 3.89. The van der Waals surface area contributed by atoms with Crippen LogP contribution in [0.3, 0.4) is 0 Å². The van der Waals surface area contributed by atoms with Gasteiger partial charge in [-0.15, -0.1) is 0 Å². The Morgan fingerprint density at radius 3 is 1.30 bits per heavy atom. The van der Waals surface area contributed by atoms with Crippen molar-refractivity contribution in [1.82, 2.24) is 0 Å². The topological polar surface area (TPSA) is 74.8 Å². The minimum Gasteiger partial charge on any atom is -0.269 e. The average molecular weight is 310 g/mol. The fourth-order valence-corrected chi connectivity index (χ4v) is 2.52. The maximum atomic E-state index is 11.9. The van der Waals surface area contributed by atoms with Gasteiger partial charge in [0.1, 0.15) is 0 Å². The third-order valence-corrected chi connectivity index (χ3v) is 3.73. The van der Waals surface area contributed by atoms with E-state index in [-0.39, 0.29) is 5.92 Å². The minimum atomic E-state index is -0.445. The van der Waals surface area contributed by atoms with Crippen LogP contribution < -0.4 is 9.80 Å². The fraction of sp³-hybridized carbons (Fsp3) is 0.176. The van der Waals surface area contributed by atoms with Crippen LogP contribution in [0.2, 0.25) is 0 Å². The monoisotopic (exact) mass is 310 g/mol. The van der Waals surface area contributed by atoms with Crippen molar-refractivity contribution >= 4 is 35.0 Å². The molecule has 0 fully saturated rings. The van der Waals surface area contributed by atoms with Gasteiger partial charge in [0.25, 0.3) is 23.6 Å². The van der Waals surface area contributed by atoms with Crippen LogP contribution in [0.5, 0.6) is 0 Å². The molecule has 2 heterocycles. The van der Waals surface area contributed by atoms with Crippen molar-refractivity contribution in [1.29, 1.82) is 0 Å². The van der Waals surface area contributed by atoms with Crippen LogP contribution in [0.25, 0.3) is 0 Å². The molecule has 4 amide bonds. The largest absolute Gasteiger partial charge is 0.269 e. The van der Waals surface area contributed by atoms with Crippen LogP contribution in [-0.4, -0.2) is 23.6 Å². The molecule has 0 N–H and O–H groups in total. The highest BCUT2D eigenvalue weighted by Crippen LogP contribution is 2.31. The molecule has 3 rings (SSSR count). The van der Waals surface area contributed by atoms with Crippen molar-refractivity contribution in [3.05, 3.63) is 48.1 Å². The van der Waals surface area contributed by atoms with Gasteiger partial charge in [0.05, 0.1) is 11.4 Å². The summed E-state index contributed by atoms with van der Waals surface area (Å²) < 4.78 is 0. The molecule has 0 atom stereocenters. The average Bonchev–Trinajstić information content (AvgIpc) is 3.01. The van der Waals surface area contributed by atoms with E-state index in [2.05, 4.69) is 0 Å². The minimum absolute atomic E-state index is 0.0928. The number of imide groups is 2. The molecule has 0 unspecified atom stereocenters. The first kappa shape index (κ1) is 14.9. The number of carbonyl (C=O) groups excluding carboxylic acids is 4. The molecule has 0 aliphatic carbocycles. The van der Waals surface area contributed by atoms with Crippen LogP contribution in [0.15, 0.2) is 42.5 Å². The van der Waals surface area contributed by atoms with Crippen molar-refractivity contribution in [2.75, 3.05) is 9.80 Å². The summed E-state index contributed by atoms with van der Waals surface area (Å²) in [4.78, 5) is 49.6. The van der Waals surface area contributed by atoms with E-state index in [1.165, 1.54) is 30.4 Å². The summed E-state index contributed by atoms with van der Waals surface area (Å²) in [6, 6.07) is 4.93. The Morgan fingerprint density at radius 2 is 1.00 bits per heavy atom. The van der Waals surface area contributed by atoms with Gasteiger partial charge in [-0.05, 0) is 29.7 Å². The Balaban J connectivity index is 2.11. The van der Waals surface area contributed by atoms with Gasteiger partial charge < -0.3 is 0 Å². The smallest absolute Gasteiger partial charge is 0.258 e. The molecule has 0 aromatic heterocycles. The maximum absolute atomic E-state index is 11.9. The summed E-state index contributed by atoms with van der Waals surface area (Å²) in [6.07, 6.45) is 4.77. The number of rotatable bonds is 3. The van der Waals surface area contributed by atoms with Gasteiger partial charge in [-0.3, -0.25) is 19.2 Å². The summed E-state index contributed by atoms with van der Waals surface area (Å²) >= 11 is 0. The Bertz CT molecular complexity index is 709. The van der Waals surface area contributed by atoms with Gasteiger partial charge >= 0.3 is 0 Å². The first-order valence-corrected chi connectivity index (χ1v) is 7.15. The summed E-state index contributed by atoms with van der Waals surface area (Å²) in [5.41, 5.74) is 1.51. The zero-order chi connectivity index (χ0) is 16.7. The molecule has 0 saturated heterocycles. The summed E-state index contributed by atoms with van der Waals surface area (Å²) in [5, 5.41) is 0. The second kappa shape index (κ2) is 5.31. The summed E-state index contributed by atoms with van der Waals surface area (Å²) in [7, 11) is 0. The van der Waals surface area contributed by atoms with E-state index in [0.29, 0.717) is 11.4 Å². The zero-order valence-electron chi connectivity index (χ0n) is 12.6. The predicted octanol–water partition coefficient (Wildman–Crippen LogP) is 1.67. The lowest BCUT2D eigenvalue weighted by Gasteiger charge is -2.21. The number of anilines is 2. The molecule has 1 aromatic carbocycles. The van der Waals surface area contributed by atoms with Gasteiger partial charge in [-0.2, -0.15) is 0 Å². The highest BCUT2D eigenvalue weighted by Gasteiger charge is 2.29. The number of hydrogen-bond donors (Lipinski definition) is 0. The van der Waals surface area contributed by atoms with Gasteiger partial charge in [0, 0.05) is 24.3 Å². The van der Waals surface area contributed by atoms with E-state index in [4.69, 9.17) is 0 Å². The first-order chi connectivity index (χ1) is 10.9. The molecule has 0 radical (unpaired) electrons. The Hall–Kier alpha value is -3.02. The van der Waals surface area contributed by atoms with E-state index in [9.17, 15) is 19.2 Å². The molecular formula is C17H14N2O4. The number of carbonyl (C=O) groups is 4. The van der Waals surface area contributed by atoms with E-state index in [1.54, 1.807) is 12.1 Å². The fourth-order valence-electron chi connectivity index (χ4n) is 2.52. The molecule has 2 aliphatic heterocycles. The van der Waals surface area contributed by atoms with Crippen molar-refractivity contribution in [2.45, 2.75) is 19.8 Å². The van der Waals surface area contributed by atoms with Gasteiger partial charge in [-0.25, -0.2) is 9.80 Å². The van der Waals surface area contributed by atoms with Crippen LogP contribution in [0.1, 0.15) is 25.3 Å². The molecule has 1 aromatic rings. The number of benzene rings is 1. The van der Waals surface area contributed by atoms with Crippen molar-refractivity contribution in [3.8, 4) is 0 Å². The number of amides is 4. The number of hydrogen-bond acceptors (Lipinski definition) is 4. The van der Waals surface area contributed by atoms with Gasteiger partial charge in [0.15, 0.2) is 0 Å². The highest BCUT2D eigenvalue weighted by atomic mass is 16.2. The van der Waals surface area contributed by atoms with Crippen LogP contribution in [-0.2, 0) is 19.2 Å². The second-order valence-electron chi connectivity index (χ2n) is 5.63. The van der Waals surface area contributed by atoms with E-state index < -0.39 is 23.6 Å². The SMILES string of the molecule is CC(C)c1cc(N2C(=O)C=CC2=O)cc(N2C(=O)C=CC2=O)c1. The van der Waals surface area contributed by atoms with Crippen molar-refractivity contribution in [3.63, 3.8) is 0 Å². The zero-order valence-corrected chi connectivity index (χ0v) is 12.6. The molecule has 23 heavy (non-hydrogen) atoms. The normalized spacial score (nSPS) is 17.3. The third kappa shape index (κ3) is 2.48. The third-order valence-electron chi connectivity index (χ3n) is 3.73. The molecule has 116 valence electrons. The molecular weight excluding hydrogens is 296 g/mol. The molecule has 6 nitrogen and oxygen atoms in total.